The van der Waals surface area contributed by atoms with E-state index in [-0.39, 0.29) is 54.4 Å². The van der Waals surface area contributed by atoms with Crippen molar-refractivity contribution < 1.29 is 33.6 Å². The summed E-state index contributed by atoms with van der Waals surface area (Å²) in [6.07, 6.45) is -0.711. The average Bonchev–Trinajstić information content (AvgIpc) is 3.02. The van der Waals surface area contributed by atoms with Gasteiger partial charge in [0.2, 0.25) is 0 Å². The van der Waals surface area contributed by atoms with E-state index in [0.29, 0.717) is 24.5 Å². The maximum Gasteiger partial charge on any atom is 0.303 e. The topological polar surface area (TPSA) is 91.3 Å². The van der Waals surface area contributed by atoms with Gasteiger partial charge in [-0.1, -0.05) is 20.4 Å². The number of hydrogen-bond acceptors (Lipinski definition) is 7. The van der Waals surface area contributed by atoms with Crippen molar-refractivity contribution in [2.75, 3.05) is 6.61 Å². The van der Waals surface area contributed by atoms with Gasteiger partial charge in [-0.15, -0.1) is 0 Å². The molecule has 7 heteroatoms. The van der Waals surface area contributed by atoms with E-state index >= 15 is 0 Å². The van der Waals surface area contributed by atoms with E-state index in [0.717, 1.165) is 6.42 Å². The van der Waals surface area contributed by atoms with Crippen molar-refractivity contribution in [2.24, 2.45) is 29.6 Å². The van der Waals surface area contributed by atoms with Crippen LogP contribution in [0, 0.1) is 29.6 Å². The molecule has 7 nitrogen and oxygen atoms in total. The number of hydrogen-bond donors (Lipinski definition) is 1. The molecule has 0 radical (unpaired) electrons. The van der Waals surface area contributed by atoms with Crippen LogP contribution in [0.15, 0.2) is 12.2 Å². The van der Waals surface area contributed by atoms with E-state index in [9.17, 15) is 14.7 Å². The monoisotopic (exact) mass is 436 g/mol. The summed E-state index contributed by atoms with van der Waals surface area (Å²) in [5.41, 5.74) is -0.270. The second-order valence-electron chi connectivity index (χ2n) is 10.4. The molecular formula is C24H36O7. The number of aliphatic hydroxyl groups is 1. The second-order valence-corrected chi connectivity index (χ2v) is 10.4. The van der Waals surface area contributed by atoms with Gasteiger partial charge in [-0.25, -0.2) is 0 Å². The summed E-state index contributed by atoms with van der Waals surface area (Å²) in [6, 6.07) is 0. The fourth-order valence-corrected chi connectivity index (χ4v) is 6.72. The Hall–Kier alpha value is -1.44. The smallest absolute Gasteiger partial charge is 0.303 e. The third kappa shape index (κ3) is 3.83. The van der Waals surface area contributed by atoms with Crippen molar-refractivity contribution in [1.29, 1.82) is 0 Å². The van der Waals surface area contributed by atoms with Gasteiger partial charge in [-0.05, 0) is 43.1 Å². The quantitative estimate of drug-likeness (QED) is 0.526. The number of esters is 2. The van der Waals surface area contributed by atoms with Crippen LogP contribution >= 0.6 is 0 Å². The van der Waals surface area contributed by atoms with Crippen LogP contribution in [0.2, 0.25) is 0 Å². The van der Waals surface area contributed by atoms with Crippen LogP contribution in [0.25, 0.3) is 0 Å². The zero-order valence-corrected chi connectivity index (χ0v) is 19.2. The van der Waals surface area contributed by atoms with E-state index in [4.69, 9.17) is 18.9 Å². The molecule has 174 valence electrons. The number of carbonyl (C=O) groups is 2. The Morgan fingerprint density at radius 3 is 2.42 bits per heavy atom. The zero-order chi connectivity index (χ0) is 22.7. The van der Waals surface area contributed by atoms with Crippen molar-refractivity contribution in [3.05, 3.63) is 12.2 Å². The van der Waals surface area contributed by atoms with Gasteiger partial charge in [0.25, 0.3) is 0 Å². The Morgan fingerprint density at radius 2 is 1.77 bits per heavy atom. The van der Waals surface area contributed by atoms with Crippen LogP contribution in [-0.2, 0) is 28.5 Å². The highest BCUT2D eigenvalue weighted by Gasteiger charge is 2.65. The first-order chi connectivity index (χ1) is 14.5. The first-order valence-corrected chi connectivity index (χ1v) is 11.5. The Bertz CT molecular complexity index is 750. The summed E-state index contributed by atoms with van der Waals surface area (Å²) in [6.45, 7) is 13.7. The maximum absolute atomic E-state index is 12.0. The van der Waals surface area contributed by atoms with Gasteiger partial charge in [0, 0.05) is 32.1 Å². The molecule has 3 aliphatic heterocycles. The molecule has 2 bridgehead atoms. The molecule has 3 saturated heterocycles. The lowest BCUT2D eigenvalue weighted by molar-refractivity contribution is -0.204. The van der Waals surface area contributed by atoms with Crippen molar-refractivity contribution in [2.45, 2.75) is 90.0 Å². The highest BCUT2D eigenvalue weighted by Crippen LogP contribution is 2.58. The summed E-state index contributed by atoms with van der Waals surface area (Å²) < 4.78 is 24.8. The fourth-order valence-electron chi connectivity index (χ4n) is 6.72. The Balaban J connectivity index is 1.83. The molecule has 4 rings (SSSR count). The lowest BCUT2D eigenvalue weighted by Gasteiger charge is -2.47. The SMILES string of the molecule is C=C1CC2O[C@H]3[C@H]4[C@@H](C[C@@H](C)[C@@H](OC(C)=O)[C@@H]24)[C@@H](C)CO[C@@]3(C)[C@H](OC(C)=O)C[C@@H]1O. The normalized spacial score (nSPS) is 49.3. The fraction of sp³-hybridized carbons (Fsp3) is 0.833. The minimum Gasteiger partial charge on any atom is -0.462 e. The van der Waals surface area contributed by atoms with Gasteiger partial charge >= 0.3 is 11.9 Å². The van der Waals surface area contributed by atoms with Gasteiger partial charge in [0.1, 0.15) is 17.8 Å². The maximum atomic E-state index is 12.0. The first-order valence-electron chi connectivity index (χ1n) is 11.5. The van der Waals surface area contributed by atoms with E-state index in [1.807, 2.05) is 6.92 Å². The molecule has 0 aromatic rings. The highest BCUT2D eigenvalue weighted by molar-refractivity contribution is 5.66. The summed E-state index contributed by atoms with van der Waals surface area (Å²) in [5.74, 6) is 0.201. The summed E-state index contributed by atoms with van der Waals surface area (Å²) in [7, 11) is 0. The van der Waals surface area contributed by atoms with E-state index < -0.39 is 23.8 Å². The highest BCUT2D eigenvalue weighted by atomic mass is 16.6. The predicted molar refractivity (Wildman–Crippen MR) is 112 cm³/mol. The van der Waals surface area contributed by atoms with Gasteiger partial charge in [-0.2, -0.15) is 0 Å². The number of ether oxygens (including phenoxy) is 4. The summed E-state index contributed by atoms with van der Waals surface area (Å²) in [4.78, 5) is 23.9. The molecule has 3 heterocycles. The Labute approximate surface area is 184 Å². The molecule has 31 heavy (non-hydrogen) atoms. The lowest BCUT2D eigenvalue weighted by Crippen LogP contribution is -2.57. The van der Waals surface area contributed by atoms with Gasteiger partial charge in [-0.3, -0.25) is 9.59 Å². The predicted octanol–water partition coefficient (Wildman–Crippen LogP) is 2.64. The molecule has 0 amide bonds. The molecule has 0 aromatic carbocycles. The van der Waals surface area contributed by atoms with Crippen molar-refractivity contribution in [1.82, 2.24) is 0 Å². The van der Waals surface area contributed by atoms with Crippen molar-refractivity contribution in [3.8, 4) is 0 Å². The van der Waals surface area contributed by atoms with Crippen molar-refractivity contribution in [3.63, 3.8) is 0 Å². The van der Waals surface area contributed by atoms with E-state index in [1.54, 1.807) is 0 Å². The molecule has 0 spiro atoms. The molecule has 1 saturated carbocycles. The lowest BCUT2D eigenvalue weighted by atomic mass is 9.59. The number of fused-ring (bicyclic) bond motifs is 2. The molecule has 1 aliphatic carbocycles. The minimum atomic E-state index is -0.917. The van der Waals surface area contributed by atoms with Gasteiger partial charge in [0.15, 0.2) is 0 Å². The van der Waals surface area contributed by atoms with E-state index in [2.05, 4.69) is 20.4 Å². The molecule has 1 N–H and O–H groups in total. The Kier molecular flexibility index (Phi) is 5.99. The van der Waals surface area contributed by atoms with Crippen LogP contribution in [0.5, 0.6) is 0 Å². The zero-order valence-electron chi connectivity index (χ0n) is 19.2. The van der Waals surface area contributed by atoms with Crippen LogP contribution < -0.4 is 0 Å². The third-order valence-corrected chi connectivity index (χ3v) is 8.20. The summed E-state index contributed by atoms with van der Waals surface area (Å²) in [5, 5.41) is 10.9. The molecular weight excluding hydrogens is 400 g/mol. The number of aliphatic hydroxyl groups excluding tert-OH is 1. The van der Waals surface area contributed by atoms with Crippen LogP contribution in [0.4, 0.5) is 0 Å². The van der Waals surface area contributed by atoms with Crippen LogP contribution in [0.3, 0.4) is 0 Å². The molecule has 0 aromatic heterocycles. The minimum absolute atomic E-state index is 0.0221. The largest absolute Gasteiger partial charge is 0.462 e. The van der Waals surface area contributed by atoms with Crippen molar-refractivity contribution >= 4 is 11.9 Å². The van der Waals surface area contributed by atoms with Gasteiger partial charge < -0.3 is 24.1 Å². The van der Waals surface area contributed by atoms with Crippen LogP contribution in [0.1, 0.15) is 53.9 Å². The third-order valence-electron chi connectivity index (χ3n) is 8.20. The second kappa shape index (κ2) is 8.16. The van der Waals surface area contributed by atoms with Crippen LogP contribution in [-0.4, -0.2) is 59.8 Å². The number of rotatable bonds is 2. The molecule has 4 aliphatic rings. The first kappa shape index (κ1) is 22.7. The molecule has 4 fully saturated rings. The average molecular weight is 437 g/mol. The molecule has 1 unspecified atom stereocenters. The summed E-state index contributed by atoms with van der Waals surface area (Å²) >= 11 is 0. The number of carbonyl (C=O) groups excluding carboxylic acids is 2. The standard InChI is InChI=1S/C24H36O7/c1-11-8-18-21-20-16(7-12(2)22(21)30-15(5)26)13(3)10-28-24(6,23(20)31-18)19(9-17(11)27)29-14(4)25/h12-13,16-23,27H,1,7-10H2,2-6H3/t12-,13+,16+,17+,18?,19-,20+,21+,22-,23+,24+/m1/s1. The Morgan fingerprint density at radius 1 is 1.10 bits per heavy atom. The van der Waals surface area contributed by atoms with Gasteiger partial charge in [0.05, 0.1) is 24.9 Å². The van der Waals surface area contributed by atoms with E-state index in [1.165, 1.54) is 13.8 Å². The molecule has 11 atom stereocenters.